The van der Waals surface area contributed by atoms with Crippen LogP contribution >= 0.6 is 0 Å². The second kappa shape index (κ2) is 5.50. The third kappa shape index (κ3) is 2.46. The second-order valence-corrected chi connectivity index (χ2v) is 5.12. The highest BCUT2D eigenvalue weighted by atomic mass is 15.2. The van der Waals surface area contributed by atoms with Gasteiger partial charge in [0.25, 0.3) is 0 Å². The van der Waals surface area contributed by atoms with Gasteiger partial charge in [0, 0.05) is 25.5 Å². The number of nitrogen functional groups attached to an aromatic ring is 1. The van der Waals surface area contributed by atoms with Crippen LogP contribution in [0.5, 0.6) is 0 Å². The number of piperidine rings is 1. The quantitative estimate of drug-likeness (QED) is 0.873. The molecule has 3 heterocycles. The molecule has 0 radical (unpaired) electrons. The van der Waals surface area contributed by atoms with Gasteiger partial charge in [0.2, 0.25) is 5.95 Å². The van der Waals surface area contributed by atoms with Gasteiger partial charge in [-0.1, -0.05) is 0 Å². The molecule has 1 saturated heterocycles. The van der Waals surface area contributed by atoms with Crippen LogP contribution in [0.2, 0.25) is 0 Å². The van der Waals surface area contributed by atoms with Gasteiger partial charge in [-0.05, 0) is 38.1 Å². The van der Waals surface area contributed by atoms with Crippen molar-refractivity contribution in [3.05, 3.63) is 30.7 Å². The molecule has 3 N–H and O–H groups in total. The van der Waals surface area contributed by atoms with Crippen molar-refractivity contribution in [1.82, 2.24) is 19.9 Å². The number of hydrogen-bond acceptors (Lipinski definition) is 5. The van der Waals surface area contributed by atoms with Gasteiger partial charge < -0.3 is 20.5 Å². The molecular weight excluding hydrogens is 252 g/mol. The molecule has 1 aliphatic heterocycles. The van der Waals surface area contributed by atoms with Crippen molar-refractivity contribution < 1.29 is 0 Å². The monoisotopic (exact) mass is 272 g/mol. The van der Waals surface area contributed by atoms with Crippen LogP contribution in [0, 0.1) is 0 Å². The van der Waals surface area contributed by atoms with E-state index >= 15 is 0 Å². The Bertz CT molecular complexity index is 559. The molecule has 0 bridgehead atoms. The highest BCUT2D eigenvalue weighted by Gasteiger charge is 2.21. The topological polar surface area (TPSA) is 72.0 Å². The summed E-state index contributed by atoms with van der Waals surface area (Å²) in [5.41, 5.74) is 6.76. The Hall–Kier alpha value is -2.08. The molecule has 0 unspecified atom stereocenters. The third-order valence-corrected chi connectivity index (χ3v) is 3.85. The summed E-state index contributed by atoms with van der Waals surface area (Å²) in [5.74, 6) is 1.14. The van der Waals surface area contributed by atoms with Crippen LogP contribution < -0.4 is 16.0 Å². The minimum Gasteiger partial charge on any atom is -0.368 e. The zero-order valence-corrected chi connectivity index (χ0v) is 11.7. The number of nitrogens with zero attached hydrogens (tertiary/aromatic N) is 4. The van der Waals surface area contributed by atoms with E-state index in [-0.39, 0.29) is 0 Å². The molecule has 0 aliphatic carbocycles. The predicted molar refractivity (Wildman–Crippen MR) is 80.1 cm³/mol. The fourth-order valence-corrected chi connectivity index (χ4v) is 2.68. The van der Waals surface area contributed by atoms with Crippen LogP contribution in [0.3, 0.4) is 0 Å². The van der Waals surface area contributed by atoms with Crippen molar-refractivity contribution in [1.29, 1.82) is 0 Å². The van der Waals surface area contributed by atoms with E-state index in [1.807, 2.05) is 35.3 Å². The van der Waals surface area contributed by atoms with Crippen LogP contribution in [0.25, 0.3) is 5.82 Å². The molecule has 0 saturated carbocycles. The van der Waals surface area contributed by atoms with Crippen molar-refractivity contribution in [2.24, 2.45) is 0 Å². The fraction of sp³-hybridized carbons (Fsp3) is 0.429. The van der Waals surface area contributed by atoms with Crippen LogP contribution in [0.15, 0.2) is 30.7 Å². The Morgan fingerprint density at radius 2 is 2.00 bits per heavy atom. The number of nitrogens with two attached hydrogens (primary N) is 1. The Morgan fingerprint density at radius 1 is 1.30 bits per heavy atom. The molecular formula is C14H20N6. The zero-order chi connectivity index (χ0) is 13.9. The first kappa shape index (κ1) is 12.9. The second-order valence-electron chi connectivity index (χ2n) is 5.12. The fourth-order valence-electron chi connectivity index (χ4n) is 2.68. The van der Waals surface area contributed by atoms with Gasteiger partial charge in [0.1, 0.15) is 0 Å². The molecule has 2 aromatic heterocycles. The van der Waals surface area contributed by atoms with Crippen LogP contribution in [0.1, 0.15) is 12.8 Å². The zero-order valence-electron chi connectivity index (χ0n) is 11.7. The van der Waals surface area contributed by atoms with Gasteiger partial charge in [-0.2, -0.15) is 4.98 Å². The van der Waals surface area contributed by atoms with E-state index in [1.165, 1.54) is 0 Å². The van der Waals surface area contributed by atoms with Crippen molar-refractivity contribution in [3.8, 4) is 5.82 Å². The molecule has 0 aromatic carbocycles. The van der Waals surface area contributed by atoms with Crippen LogP contribution in [-0.4, -0.2) is 40.7 Å². The summed E-state index contributed by atoms with van der Waals surface area (Å²) in [6.45, 7) is 2.12. The van der Waals surface area contributed by atoms with Gasteiger partial charge in [0.05, 0.1) is 11.9 Å². The number of rotatable bonds is 3. The highest BCUT2D eigenvalue weighted by molar-refractivity contribution is 5.59. The van der Waals surface area contributed by atoms with E-state index in [0.717, 1.165) is 37.4 Å². The van der Waals surface area contributed by atoms with E-state index in [4.69, 9.17) is 5.73 Å². The van der Waals surface area contributed by atoms with Crippen molar-refractivity contribution >= 4 is 11.6 Å². The molecule has 6 heteroatoms. The maximum absolute atomic E-state index is 5.75. The van der Waals surface area contributed by atoms with Gasteiger partial charge in [-0.15, -0.1) is 0 Å². The van der Waals surface area contributed by atoms with E-state index in [1.54, 1.807) is 0 Å². The molecule has 1 aliphatic rings. The Morgan fingerprint density at radius 3 is 2.70 bits per heavy atom. The highest BCUT2D eigenvalue weighted by Crippen LogP contribution is 2.25. The van der Waals surface area contributed by atoms with Crippen molar-refractivity contribution in [2.45, 2.75) is 18.9 Å². The average Bonchev–Trinajstić information content (AvgIpc) is 3.01. The number of anilines is 2. The molecule has 0 atom stereocenters. The normalized spacial score (nSPS) is 16.2. The first-order valence-electron chi connectivity index (χ1n) is 6.95. The molecule has 3 rings (SSSR count). The lowest BCUT2D eigenvalue weighted by atomic mass is 10.1. The Kier molecular flexibility index (Phi) is 3.56. The van der Waals surface area contributed by atoms with E-state index in [9.17, 15) is 0 Å². The smallest absolute Gasteiger partial charge is 0.222 e. The van der Waals surface area contributed by atoms with Crippen molar-refractivity contribution in [2.75, 3.05) is 30.8 Å². The molecule has 0 spiro atoms. The minimum atomic E-state index is 0.302. The molecule has 2 aromatic rings. The minimum absolute atomic E-state index is 0.302. The molecule has 6 nitrogen and oxygen atoms in total. The maximum atomic E-state index is 5.75. The van der Waals surface area contributed by atoms with Gasteiger partial charge in [0.15, 0.2) is 5.82 Å². The molecule has 0 amide bonds. The van der Waals surface area contributed by atoms with E-state index in [2.05, 4.69) is 27.2 Å². The summed E-state index contributed by atoms with van der Waals surface area (Å²) in [7, 11) is 2.11. The summed E-state index contributed by atoms with van der Waals surface area (Å²) in [5, 5.41) is 3.39. The van der Waals surface area contributed by atoms with E-state index in [0.29, 0.717) is 12.0 Å². The molecule has 20 heavy (non-hydrogen) atoms. The maximum Gasteiger partial charge on any atom is 0.222 e. The first-order valence-corrected chi connectivity index (χ1v) is 6.95. The largest absolute Gasteiger partial charge is 0.368 e. The summed E-state index contributed by atoms with van der Waals surface area (Å²) >= 11 is 0. The lowest BCUT2D eigenvalue weighted by Crippen LogP contribution is -2.41. The summed E-state index contributed by atoms with van der Waals surface area (Å²) in [6, 6.07) is 4.47. The van der Waals surface area contributed by atoms with Crippen LogP contribution in [0.4, 0.5) is 11.6 Å². The van der Waals surface area contributed by atoms with Crippen LogP contribution in [-0.2, 0) is 0 Å². The predicted octanol–water partition coefficient (Wildman–Crippen LogP) is 1.04. The lowest BCUT2D eigenvalue weighted by molar-refractivity contribution is 0.443. The summed E-state index contributed by atoms with van der Waals surface area (Å²) in [6.07, 6.45) is 8.03. The number of aromatic nitrogens is 3. The average molecular weight is 272 g/mol. The SMILES string of the molecule is CN(c1cnc(N)nc1-n1cccc1)C1CCNCC1. The van der Waals surface area contributed by atoms with Crippen molar-refractivity contribution in [3.63, 3.8) is 0 Å². The van der Waals surface area contributed by atoms with Gasteiger partial charge in [-0.3, -0.25) is 0 Å². The number of nitrogens with one attached hydrogen (secondary N) is 1. The Labute approximate surface area is 118 Å². The number of hydrogen-bond donors (Lipinski definition) is 2. The summed E-state index contributed by atoms with van der Waals surface area (Å²) in [4.78, 5) is 10.8. The van der Waals surface area contributed by atoms with E-state index < -0.39 is 0 Å². The van der Waals surface area contributed by atoms with Gasteiger partial charge >= 0.3 is 0 Å². The molecule has 1 fully saturated rings. The Balaban J connectivity index is 1.96. The van der Waals surface area contributed by atoms with Gasteiger partial charge in [-0.25, -0.2) is 4.98 Å². The molecule has 106 valence electrons. The third-order valence-electron chi connectivity index (χ3n) is 3.85. The first-order chi connectivity index (χ1) is 9.75. The standard InChI is InChI=1S/C14H20N6/c1-19(11-4-6-16-7-5-11)12-10-17-14(15)18-13(12)20-8-2-3-9-20/h2-3,8-11,16H,4-7H2,1H3,(H2,15,17,18). The lowest BCUT2D eigenvalue weighted by Gasteiger charge is -2.33. The summed E-state index contributed by atoms with van der Waals surface area (Å²) < 4.78 is 1.98.